The van der Waals surface area contributed by atoms with E-state index in [1.165, 1.54) is 6.20 Å². The Balaban J connectivity index is 1.88. The van der Waals surface area contributed by atoms with Gasteiger partial charge in [0.25, 0.3) is 5.56 Å². The number of hydrogen-bond acceptors (Lipinski definition) is 4. The molecule has 0 radical (unpaired) electrons. The van der Waals surface area contributed by atoms with Gasteiger partial charge in [0.1, 0.15) is 5.75 Å². The van der Waals surface area contributed by atoms with Crippen LogP contribution in [0, 0.1) is 0 Å². The Morgan fingerprint density at radius 1 is 0.889 bits per heavy atom. The van der Waals surface area contributed by atoms with E-state index in [0.717, 1.165) is 11.1 Å². The van der Waals surface area contributed by atoms with E-state index in [1.54, 1.807) is 30.3 Å². The molecule has 0 aliphatic rings. The molecule has 27 heavy (non-hydrogen) atoms. The summed E-state index contributed by atoms with van der Waals surface area (Å²) >= 11 is 0. The third-order valence-electron chi connectivity index (χ3n) is 4.32. The molecule has 132 valence electrons. The summed E-state index contributed by atoms with van der Waals surface area (Å²) in [6.45, 7) is 0. The molecule has 0 saturated carbocycles. The molecule has 0 amide bonds. The Bertz CT molecular complexity index is 1200. The molecule has 2 N–H and O–H groups in total. The van der Waals surface area contributed by atoms with Gasteiger partial charge >= 0.3 is 0 Å². The molecule has 0 fully saturated rings. The molecule has 5 heteroatoms. The van der Waals surface area contributed by atoms with Crippen LogP contribution in [0.2, 0.25) is 0 Å². The SMILES string of the molecule is O=c1c(-c2ccccc2)c(O)c2cc(/C=C/c3ccccc3)cnc2n1O. The molecule has 0 aliphatic carbocycles. The van der Waals surface area contributed by atoms with Gasteiger partial charge in [-0.25, -0.2) is 4.98 Å². The Morgan fingerprint density at radius 2 is 1.52 bits per heavy atom. The molecule has 0 bridgehead atoms. The van der Waals surface area contributed by atoms with Crippen molar-refractivity contribution in [2.24, 2.45) is 0 Å². The number of nitrogens with zero attached hydrogens (tertiary/aromatic N) is 2. The minimum absolute atomic E-state index is 0.00837. The lowest BCUT2D eigenvalue weighted by Crippen LogP contribution is -2.21. The predicted molar refractivity (Wildman–Crippen MR) is 106 cm³/mol. The second kappa shape index (κ2) is 6.80. The Hall–Kier alpha value is -3.86. The van der Waals surface area contributed by atoms with Crippen LogP contribution in [-0.2, 0) is 0 Å². The van der Waals surface area contributed by atoms with E-state index in [9.17, 15) is 15.1 Å². The molecule has 0 spiro atoms. The maximum atomic E-state index is 12.5. The largest absolute Gasteiger partial charge is 0.506 e. The lowest BCUT2D eigenvalue weighted by molar-refractivity contribution is 0.186. The summed E-state index contributed by atoms with van der Waals surface area (Å²) in [6.07, 6.45) is 5.32. The van der Waals surface area contributed by atoms with Crippen molar-refractivity contribution < 1.29 is 10.3 Å². The van der Waals surface area contributed by atoms with Crippen LogP contribution in [0.3, 0.4) is 0 Å². The molecule has 2 aromatic heterocycles. The first-order valence-corrected chi connectivity index (χ1v) is 8.40. The smallest absolute Gasteiger partial charge is 0.296 e. The average Bonchev–Trinajstić information content (AvgIpc) is 2.72. The van der Waals surface area contributed by atoms with Crippen LogP contribution in [0.4, 0.5) is 0 Å². The number of rotatable bonds is 3. The van der Waals surface area contributed by atoms with Gasteiger partial charge in [0.05, 0.1) is 10.9 Å². The highest BCUT2D eigenvalue weighted by atomic mass is 16.5. The molecule has 5 nitrogen and oxygen atoms in total. The van der Waals surface area contributed by atoms with E-state index in [0.29, 0.717) is 15.7 Å². The van der Waals surface area contributed by atoms with Gasteiger partial charge in [-0.3, -0.25) is 4.79 Å². The third-order valence-corrected chi connectivity index (χ3v) is 4.32. The highest BCUT2D eigenvalue weighted by molar-refractivity contribution is 5.91. The zero-order chi connectivity index (χ0) is 18.8. The van der Waals surface area contributed by atoms with Gasteiger partial charge in [-0.2, -0.15) is 0 Å². The van der Waals surface area contributed by atoms with Gasteiger partial charge < -0.3 is 10.3 Å². The first kappa shape index (κ1) is 16.6. The average molecular weight is 356 g/mol. The summed E-state index contributed by atoms with van der Waals surface area (Å²) in [6, 6.07) is 20.2. The van der Waals surface area contributed by atoms with E-state index in [1.807, 2.05) is 48.6 Å². The number of aromatic hydroxyl groups is 1. The van der Waals surface area contributed by atoms with Crippen LogP contribution >= 0.6 is 0 Å². The molecule has 2 aromatic carbocycles. The van der Waals surface area contributed by atoms with Crippen LogP contribution in [0.25, 0.3) is 34.3 Å². The van der Waals surface area contributed by atoms with E-state index < -0.39 is 5.56 Å². The monoisotopic (exact) mass is 356 g/mol. The van der Waals surface area contributed by atoms with Crippen LogP contribution < -0.4 is 5.56 Å². The molecule has 2 heterocycles. The van der Waals surface area contributed by atoms with Crippen LogP contribution in [0.5, 0.6) is 5.75 Å². The Labute approximate surface area is 155 Å². The van der Waals surface area contributed by atoms with Crippen molar-refractivity contribution in [1.29, 1.82) is 0 Å². The highest BCUT2D eigenvalue weighted by Gasteiger charge is 2.18. The number of benzene rings is 2. The fourth-order valence-electron chi connectivity index (χ4n) is 2.97. The second-order valence-corrected chi connectivity index (χ2v) is 6.09. The van der Waals surface area contributed by atoms with Crippen LogP contribution in [-0.4, -0.2) is 20.0 Å². The molecule has 0 unspecified atom stereocenters. The maximum Gasteiger partial charge on any atom is 0.296 e. The van der Waals surface area contributed by atoms with Gasteiger partial charge in [0.2, 0.25) is 0 Å². The Kier molecular flexibility index (Phi) is 4.18. The van der Waals surface area contributed by atoms with Gasteiger partial charge in [-0.1, -0.05) is 72.8 Å². The minimum atomic E-state index is -0.716. The van der Waals surface area contributed by atoms with Crippen molar-refractivity contribution in [2.75, 3.05) is 0 Å². The maximum absolute atomic E-state index is 12.5. The highest BCUT2D eigenvalue weighted by Crippen LogP contribution is 2.32. The van der Waals surface area contributed by atoms with Crippen molar-refractivity contribution in [3.8, 4) is 16.9 Å². The lowest BCUT2D eigenvalue weighted by Gasteiger charge is -2.10. The summed E-state index contributed by atoms with van der Waals surface area (Å²) in [5.41, 5.74) is 1.62. The van der Waals surface area contributed by atoms with Crippen molar-refractivity contribution in [1.82, 2.24) is 9.71 Å². The first-order chi connectivity index (χ1) is 13.1. The predicted octanol–water partition coefficient (Wildman–Crippen LogP) is 4.18. The zero-order valence-electron chi connectivity index (χ0n) is 14.3. The molecule has 4 aromatic rings. The molecule has 0 atom stereocenters. The van der Waals surface area contributed by atoms with Crippen LogP contribution in [0.1, 0.15) is 11.1 Å². The van der Waals surface area contributed by atoms with E-state index in [4.69, 9.17) is 0 Å². The van der Waals surface area contributed by atoms with E-state index >= 15 is 0 Å². The summed E-state index contributed by atoms with van der Waals surface area (Å²) in [5, 5.41) is 21.3. The van der Waals surface area contributed by atoms with Crippen LogP contribution in [0.15, 0.2) is 77.7 Å². The fraction of sp³-hybridized carbons (Fsp3) is 0. The summed E-state index contributed by atoms with van der Waals surface area (Å²) in [4.78, 5) is 16.6. The number of pyridine rings is 2. The van der Waals surface area contributed by atoms with Gasteiger partial charge in [0, 0.05) is 6.20 Å². The number of hydrogen-bond donors (Lipinski definition) is 2. The van der Waals surface area contributed by atoms with Crippen molar-refractivity contribution >= 4 is 23.2 Å². The molecule has 0 saturated heterocycles. The first-order valence-electron chi connectivity index (χ1n) is 8.40. The zero-order valence-corrected chi connectivity index (χ0v) is 14.3. The summed E-state index contributed by atoms with van der Waals surface area (Å²) in [5.74, 6) is -0.200. The number of fused-ring (bicyclic) bond motifs is 1. The molecule has 4 rings (SSSR count). The minimum Gasteiger partial charge on any atom is -0.506 e. The molecular weight excluding hydrogens is 340 g/mol. The van der Waals surface area contributed by atoms with Crippen molar-refractivity contribution in [2.45, 2.75) is 0 Å². The van der Waals surface area contributed by atoms with E-state index in [-0.39, 0.29) is 17.0 Å². The van der Waals surface area contributed by atoms with Gasteiger partial charge in [-0.15, -0.1) is 4.73 Å². The number of aromatic nitrogens is 2. The van der Waals surface area contributed by atoms with Gasteiger partial charge in [0.15, 0.2) is 5.65 Å². The second-order valence-electron chi connectivity index (χ2n) is 6.09. The van der Waals surface area contributed by atoms with E-state index in [2.05, 4.69) is 4.98 Å². The van der Waals surface area contributed by atoms with Crippen molar-refractivity contribution in [3.63, 3.8) is 0 Å². The van der Waals surface area contributed by atoms with Crippen molar-refractivity contribution in [3.05, 3.63) is 94.4 Å². The fourth-order valence-corrected chi connectivity index (χ4v) is 2.97. The standard InChI is InChI=1S/C22H16N2O3/c25-20-18-13-16(12-11-15-7-3-1-4-8-15)14-23-21(18)24(27)22(26)19(20)17-9-5-2-6-10-17/h1-14,25,27H/b12-11+. The topological polar surface area (TPSA) is 75.3 Å². The summed E-state index contributed by atoms with van der Waals surface area (Å²) < 4.78 is 0.474. The quantitative estimate of drug-likeness (QED) is 0.540. The van der Waals surface area contributed by atoms with Gasteiger partial charge in [-0.05, 0) is 22.8 Å². The third kappa shape index (κ3) is 3.06. The lowest BCUT2D eigenvalue weighted by atomic mass is 10.0. The molecular formula is C22H16N2O3. The normalized spacial score (nSPS) is 11.3. The molecule has 0 aliphatic heterocycles. The summed E-state index contributed by atoms with van der Waals surface area (Å²) in [7, 11) is 0. The Morgan fingerprint density at radius 3 is 2.22 bits per heavy atom.